The number of aromatic nitrogens is 1. The van der Waals surface area contributed by atoms with E-state index in [-0.39, 0.29) is 77.2 Å². The fourth-order valence-electron chi connectivity index (χ4n) is 8.11. The van der Waals surface area contributed by atoms with Gasteiger partial charge in [0.2, 0.25) is 11.6 Å². The van der Waals surface area contributed by atoms with Gasteiger partial charge in [0.25, 0.3) is 5.88 Å². The first-order valence-corrected chi connectivity index (χ1v) is 15.9. The van der Waals surface area contributed by atoms with Crippen molar-refractivity contribution in [3.8, 4) is 11.6 Å². The minimum absolute atomic E-state index is 0.0264. The first kappa shape index (κ1) is 30.7. The number of aliphatic hydroxyl groups is 2. The number of Topliss-reactive ketones (excluding diaryl/α,β-unsaturated/α-hetero) is 2. The summed E-state index contributed by atoms with van der Waals surface area (Å²) in [5.74, 6) is -5.52. The van der Waals surface area contributed by atoms with Crippen LogP contribution in [0.1, 0.15) is 50.8 Å². The van der Waals surface area contributed by atoms with Gasteiger partial charge in [-0.25, -0.2) is 8.78 Å². The Morgan fingerprint density at radius 1 is 1.04 bits per heavy atom. The number of nitrogens with zero attached hydrogens (tertiary/aromatic N) is 3. The van der Waals surface area contributed by atoms with Crippen LogP contribution >= 0.6 is 0 Å². The molecular formula is C36H33F2N3O7. The van der Waals surface area contributed by atoms with Gasteiger partial charge in [0.15, 0.2) is 11.4 Å². The predicted molar refractivity (Wildman–Crippen MR) is 169 cm³/mol. The quantitative estimate of drug-likeness (QED) is 0.251. The number of hydrogen-bond donors (Lipinski definition) is 3. The SMILES string of the molecule is CN(C)[C@@H]1c2onc(OCc3ccccc3)c2C(=O)[C@@]2(O)C(=O)C3=C(O)c4c(c(F)c5ccc(CN6CC(F)C6)cc5c4O)C[C@H]3C[C@@H]12. The van der Waals surface area contributed by atoms with Gasteiger partial charge in [0, 0.05) is 47.5 Å². The van der Waals surface area contributed by atoms with E-state index >= 15 is 4.39 Å². The Kier molecular flexibility index (Phi) is 6.99. The Labute approximate surface area is 273 Å². The van der Waals surface area contributed by atoms with Crippen molar-refractivity contribution in [3.63, 3.8) is 0 Å². The van der Waals surface area contributed by atoms with Crippen molar-refractivity contribution in [2.45, 2.75) is 43.8 Å². The monoisotopic (exact) mass is 657 g/mol. The van der Waals surface area contributed by atoms with Gasteiger partial charge in [-0.05, 0) is 55.2 Å². The lowest BCUT2D eigenvalue weighted by Crippen LogP contribution is -2.63. The number of carbonyl (C=O) groups excluding carboxylic acids is 2. The summed E-state index contributed by atoms with van der Waals surface area (Å²) in [6, 6.07) is 13.3. The molecule has 0 spiro atoms. The maximum absolute atomic E-state index is 16.2. The molecule has 1 saturated carbocycles. The van der Waals surface area contributed by atoms with E-state index in [1.54, 1.807) is 37.2 Å². The van der Waals surface area contributed by atoms with Gasteiger partial charge >= 0.3 is 0 Å². The molecule has 3 N–H and O–H groups in total. The lowest BCUT2D eigenvalue weighted by Gasteiger charge is -2.49. The van der Waals surface area contributed by atoms with Gasteiger partial charge in [0.1, 0.15) is 35.7 Å². The third-order valence-corrected chi connectivity index (χ3v) is 10.4. The molecule has 0 unspecified atom stereocenters. The molecule has 3 aromatic carbocycles. The van der Waals surface area contributed by atoms with E-state index in [4.69, 9.17) is 9.26 Å². The highest BCUT2D eigenvalue weighted by molar-refractivity contribution is 6.26. The number of likely N-dealkylation sites (tertiary alicyclic amines) is 1. The van der Waals surface area contributed by atoms with Crippen LogP contribution in [0.5, 0.6) is 11.6 Å². The number of ketones is 2. The highest BCUT2D eigenvalue weighted by atomic mass is 19.1. The molecule has 2 fully saturated rings. The zero-order valence-corrected chi connectivity index (χ0v) is 26.2. The van der Waals surface area contributed by atoms with Gasteiger partial charge in [-0.3, -0.25) is 19.4 Å². The van der Waals surface area contributed by atoms with Crippen LogP contribution in [-0.2, 0) is 24.4 Å². The number of phenolic OH excluding ortho intramolecular Hbond substituents is 1. The number of halogens is 2. The number of rotatable bonds is 6. The highest BCUT2D eigenvalue weighted by Crippen LogP contribution is 2.56. The zero-order valence-electron chi connectivity index (χ0n) is 26.2. The van der Waals surface area contributed by atoms with Crippen molar-refractivity contribution in [2.24, 2.45) is 11.8 Å². The normalized spacial score (nSPS) is 25.5. The summed E-state index contributed by atoms with van der Waals surface area (Å²) in [5.41, 5.74) is -1.70. The second-order valence-corrected chi connectivity index (χ2v) is 13.5. The molecule has 4 aliphatic rings. The Bertz CT molecular complexity index is 2040. The number of carbonyl (C=O) groups is 2. The molecule has 48 heavy (non-hydrogen) atoms. The predicted octanol–water partition coefficient (Wildman–Crippen LogP) is 4.67. The lowest BCUT2D eigenvalue weighted by atomic mass is 9.57. The van der Waals surface area contributed by atoms with E-state index in [1.807, 2.05) is 35.2 Å². The maximum atomic E-state index is 16.2. The summed E-state index contributed by atoms with van der Waals surface area (Å²) in [5, 5.41) is 39.6. The van der Waals surface area contributed by atoms with Gasteiger partial charge in [0.05, 0.1) is 11.6 Å². The Hall–Kier alpha value is -4.65. The molecule has 0 radical (unpaired) electrons. The van der Waals surface area contributed by atoms with Crippen LogP contribution in [0.15, 0.2) is 58.6 Å². The van der Waals surface area contributed by atoms with E-state index < -0.39 is 58.5 Å². The second kappa shape index (κ2) is 10.9. The molecule has 10 nitrogen and oxygen atoms in total. The minimum Gasteiger partial charge on any atom is -0.507 e. The molecule has 1 aromatic heterocycles. The third kappa shape index (κ3) is 4.35. The van der Waals surface area contributed by atoms with Gasteiger partial charge in [-0.2, -0.15) is 0 Å². The zero-order chi connectivity index (χ0) is 33.6. The molecular weight excluding hydrogens is 624 g/mol. The topological polar surface area (TPSA) is 137 Å². The van der Waals surface area contributed by atoms with Crippen molar-refractivity contribution in [1.82, 2.24) is 15.0 Å². The number of alkyl halides is 1. The van der Waals surface area contributed by atoms with E-state index in [0.29, 0.717) is 12.1 Å². The van der Waals surface area contributed by atoms with Gasteiger partial charge in [-0.15, -0.1) is 0 Å². The van der Waals surface area contributed by atoms with Crippen molar-refractivity contribution in [1.29, 1.82) is 0 Å². The van der Waals surface area contributed by atoms with Crippen LogP contribution in [0.2, 0.25) is 0 Å². The fourth-order valence-corrected chi connectivity index (χ4v) is 8.11. The van der Waals surface area contributed by atoms with Crippen LogP contribution in [0, 0.1) is 17.7 Å². The summed E-state index contributed by atoms with van der Waals surface area (Å²) in [4.78, 5) is 32.3. The smallest absolute Gasteiger partial charge is 0.265 e. The average Bonchev–Trinajstić information content (AvgIpc) is 3.47. The largest absolute Gasteiger partial charge is 0.507 e. The number of ether oxygens (including phenoxy) is 1. The van der Waals surface area contributed by atoms with Crippen molar-refractivity contribution < 1.29 is 42.9 Å². The van der Waals surface area contributed by atoms with E-state index in [0.717, 1.165) is 5.56 Å². The van der Waals surface area contributed by atoms with Crippen LogP contribution in [0.3, 0.4) is 0 Å². The molecule has 3 aliphatic carbocycles. The number of aliphatic hydroxyl groups excluding tert-OH is 1. The van der Waals surface area contributed by atoms with Crippen LogP contribution in [0.25, 0.3) is 16.5 Å². The molecule has 248 valence electrons. The van der Waals surface area contributed by atoms with Gasteiger partial charge < -0.3 is 24.6 Å². The maximum Gasteiger partial charge on any atom is 0.265 e. The van der Waals surface area contributed by atoms with Crippen molar-refractivity contribution in [2.75, 3.05) is 27.2 Å². The second-order valence-electron chi connectivity index (χ2n) is 13.5. The third-order valence-electron chi connectivity index (χ3n) is 10.4. The Morgan fingerprint density at radius 3 is 2.50 bits per heavy atom. The number of hydrogen-bond acceptors (Lipinski definition) is 10. The summed E-state index contributed by atoms with van der Waals surface area (Å²) in [6.07, 6.45) is -0.923. The first-order chi connectivity index (χ1) is 23.0. The lowest BCUT2D eigenvalue weighted by molar-refractivity contribution is -0.142. The molecule has 0 bridgehead atoms. The molecule has 0 amide bonds. The molecule has 1 aliphatic heterocycles. The number of phenols is 1. The summed E-state index contributed by atoms with van der Waals surface area (Å²) in [7, 11) is 3.44. The highest BCUT2D eigenvalue weighted by Gasteiger charge is 2.65. The van der Waals surface area contributed by atoms with Gasteiger partial charge in [-0.1, -0.05) is 42.5 Å². The van der Waals surface area contributed by atoms with E-state index in [1.165, 1.54) is 0 Å². The van der Waals surface area contributed by atoms with Crippen LogP contribution in [-0.4, -0.2) is 80.8 Å². The standard InChI is InChI=1S/C36H33F2N3O7/c1-40(2)29-24-12-19-11-23-26(30(42)22-10-18(8-9-21(22)28(23)38)13-41-14-20(37)15-41)31(43)25(19)33(44)36(24,46)34(45)27-32(29)48-39-35(27)47-16-17-6-4-3-5-7-17/h3-10,19-20,24,29,42-43,46H,11-16H2,1-2H3/t19-,24-,29-,36-/m0/s1. The Morgan fingerprint density at radius 2 is 1.79 bits per heavy atom. The van der Waals surface area contributed by atoms with E-state index in [2.05, 4.69) is 5.16 Å². The first-order valence-electron chi connectivity index (χ1n) is 15.9. The summed E-state index contributed by atoms with van der Waals surface area (Å²) < 4.78 is 41.1. The molecule has 12 heteroatoms. The van der Waals surface area contributed by atoms with E-state index in [9.17, 15) is 29.3 Å². The molecule has 4 aromatic rings. The number of fused-ring (bicyclic) bond motifs is 5. The molecule has 4 atom stereocenters. The summed E-state index contributed by atoms with van der Waals surface area (Å²) in [6.45, 7) is 1.02. The van der Waals surface area contributed by atoms with Crippen LogP contribution < -0.4 is 4.74 Å². The van der Waals surface area contributed by atoms with Crippen molar-refractivity contribution in [3.05, 3.63) is 93.5 Å². The fraction of sp³-hybridized carbons (Fsp3) is 0.361. The number of benzene rings is 3. The molecule has 1 saturated heterocycles. The molecule has 8 rings (SSSR count). The van der Waals surface area contributed by atoms with Crippen molar-refractivity contribution >= 4 is 28.1 Å². The average molecular weight is 658 g/mol. The van der Waals surface area contributed by atoms with Crippen LogP contribution in [0.4, 0.5) is 8.78 Å². The minimum atomic E-state index is -2.63. The molecule has 2 heterocycles. The summed E-state index contributed by atoms with van der Waals surface area (Å²) >= 11 is 0. The Balaban J connectivity index is 1.21. The number of aromatic hydroxyl groups is 1.